The fourth-order valence-corrected chi connectivity index (χ4v) is 3.65. The fraction of sp³-hybridized carbons (Fsp3) is 0.304. The van der Waals surface area contributed by atoms with E-state index in [2.05, 4.69) is 30.9 Å². The number of anilines is 4. The SMILES string of the molecule is COCCNC(=O)c1ccc(Nc2ncc(C(F)(F)F)c(NCc3cccnc3N(C)S(C)(=O)=O)n2)cc1. The van der Waals surface area contributed by atoms with Crippen molar-refractivity contribution in [3.63, 3.8) is 0 Å². The van der Waals surface area contributed by atoms with Crippen molar-refractivity contribution >= 4 is 39.2 Å². The van der Waals surface area contributed by atoms with Gasteiger partial charge in [0, 0.05) is 56.5 Å². The maximum absolute atomic E-state index is 13.6. The number of rotatable bonds is 11. The summed E-state index contributed by atoms with van der Waals surface area (Å²) in [4.78, 5) is 23.9. The highest BCUT2D eigenvalue weighted by Gasteiger charge is 2.35. The number of carbonyl (C=O) groups is 1. The monoisotopic (exact) mass is 553 g/mol. The summed E-state index contributed by atoms with van der Waals surface area (Å²) < 4.78 is 70.6. The number of sulfonamides is 1. The number of ether oxygens (including phenoxy) is 1. The summed E-state index contributed by atoms with van der Waals surface area (Å²) in [6, 6.07) is 9.27. The Bertz CT molecular complexity index is 1370. The number of nitrogens with one attached hydrogen (secondary N) is 3. The molecule has 0 aliphatic heterocycles. The molecule has 3 N–H and O–H groups in total. The van der Waals surface area contributed by atoms with E-state index in [-0.39, 0.29) is 24.2 Å². The largest absolute Gasteiger partial charge is 0.421 e. The molecule has 0 bridgehead atoms. The fourth-order valence-electron chi connectivity index (χ4n) is 3.17. The Kier molecular flexibility index (Phi) is 9.06. The summed E-state index contributed by atoms with van der Waals surface area (Å²) in [7, 11) is -0.838. The molecule has 0 aliphatic carbocycles. The Morgan fingerprint density at radius 2 is 1.84 bits per heavy atom. The second-order valence-electron chi connectivity index (χ2n) is 7.97. The quantitative estimate of drug-likeness (QED) is 0.306. The van der Waals surface area contributed by atoms with Crippen LogP contribution in [-0.2, 0) is 27.5 Å². The third-order valence-electron chi connectivity index (χ3n) is 5.20. The predicted molar refractivity (Wildman–Crippen MR) is 136 cm³/mol. The van der Waals surface area contributed by atoms with Crippen molar-refractivity contribution in [1.29, 1.82) is 0 Å². The minimum atomic E-state index is -4.75. The van der Waals surface area contributed by atoms with E-state index in [4.69, 9.17) is 4.74 Å². The molecule has 2 heterocycles. The van der Waals surface area contributed by atoms with Crippen LogP contribution in [0.4, 0.5) is 36.4 Å². The Morgan fingerprint density at radius 3 is 2.47 bits per heavy atom. The molecule has 0 spiro atoms. The van der Waals surface area contributed by atoms with Crippen LogP contribution in [0.5, 0.6) is 0 Å². The molecule has 0 radical (unpaired) electrons. The predicted octanol–water partition coefficient (Wildman–Crippen LogP) is 3.02. The number of pyridine rings is 1. The average Bonchev–Trinajstić information content (AvgIpc) is 2.86. The van der Waals surface area contributed by atoms with E-state index in [1.807, 2.05) is 0 Å². The Hall–Kier alpha value is -3.98. The molecule has 0 unspecified atom stereocenters. The van der Waals surface area contributed by atoms with Gasteiger partial charge in [-0.05, 0) is 30.3 Å². The highest BCUT2D eigenvalue weighted by molar-refractivity contribution is 7.92. The lowest BCUT2D eigenvalue weighted by atomic mass is 10.2. The second kappa shape index (κ2) is 12.0. The molecule has 15 heteroatoms. The minimum absolute atomic E-state index is 0.0646. The smallest absolute Gasteiger partial charge is 0.383 e. The first-order valence-electron chi connectivity index (χ1n) is 11.1. The lowest BCUT2D eigenvalue weighted by Crippen LogP contribution is -2.27. The number of benzene rings is 1. The van der Waals surface area contributed by atoms with Gasteiger partial charge < -0.3 is 20.7 Å². The van der Waals surface area contributed by atoms with Crippen LogP contribution >= 0.6 is 0 Å². The third kappa shape index (κ3) is 7.52. The molecule has 0 saturated carbocycles. The maximum Gasteiger partial charge on any atom is 0.421 e. The zero-order valence-corrected chi connectivity index (χ0v) is 21.5. The topological polar surface area (TPSA) is 138 Å². The highest BCUT2D eigenvalue weighted by atomic mass is 32.2. The molecule has 3 aromatic rings. The van der Waals surface area contributed by atoms with Crippen LogP contribution in [0.3, 0.4) is 0 Å². The number of hydrogen-bond donors (Lipinski definition) is 3. The summed E-state index contributed by atoms with van der Waals surface area (Å²) in [6.07, 6.45) is -1.74. The van der Waals surface area contributed by atoms with Gasteiger partial charge >= 0.3 is 6.18 Å². The van der Waals surface area contributed by atoms with Crippen LogP contribution in [0.1, 0.15) is 21.5 Å². The van der Waals surface area contributed by atoms with Crippen molar-refractivity contribution in [1.82, 2.24) is 20.3 Å². The molecule has 204 valence electrons. The van der Waals surface area contributed by atoms with Gasteiger partial charge in [-0.15, -0.1) is 0 Å². The first-order chi connectivity index (χ1) is 17.9. The molecule has 3 rings (SSSR count). The first kappa shape index (κ1) is 28.6. The van der Waals surface area contributed by atoms with Crippen LogP contribution in [-0.4, -0.2) is 62.8 Å². The van der Waals surface area contributed by atoms with Crippen LogP contribution in [0, 0.1) is 0 Å². The summed E-state index contributed by atoms with van der Waals surface area (Å²) in [6.45, 7) is 0.508. The van der Waals surface area contributed by atoms with Gasteiger partial charge in [-0.1, -0.05) is 6.07 Å². The van der Waals surface area contributed by atoms with Crippen LogP contribution in [0.2, 0.25) is 0 Å². The molecular formula is C23H26F3N7O4S. The standard InChI is InChI=1S/C23H26F3N7O4S/c1-33(38(3,35)36)20-16(5-4-10-27-20)13-29-19-18(23(24,25)26)14-30-22(32-19)31-17-8-6-15(7-9-17)21(34)28-11-12-37-2/h4-10,14H,11-13H2,1-3H3,(H,28,34)(H2,29,30,31,32). The number of hydrogen-bond acceptors (Lipinski definition) is 9. The first-order valence-corrected chi connectivity index (χ1v) is 12.9. The Labute approximate surface area is 217 Å². The molecule has 0 aliphatic rings. The van der Waals surface area contributed by atoms with Gasteiger partial charge in [0.25, 0.3) is 5.91 Å². The molecule has 0 fully saturated rings. The zero-order chi connectivity index (χ0) is 27.9. The van der Waals surface area contributed by atoms with E-state index in [1.165, 1.54) is 44.6 Å². The number of alkyl halides is 3. The molecule has 38 heavy (non-hydrogen) atoms. The van der Waals surface area contributed by atoms with E-state index in [0.29, 0.717) is 36.2 Å². The summed E-state index contributed by atoms with van der Waals surface area (Å²) in [5.41, 5.74) is 0.0521. The molecule has 2 aromatic heterocycles. The summed E-state index contributed by atoms with van der Waals surface area (Å²) in [5.74, 6) is -0.879. The average molecular weight is 554 g/mol. The van der Waals surface area contributed by atoms with Crippen LogP contribution < -0.4 is 20.3 Å². The van der Waals surface area contributed by atoms with Gasteiger partial charge in [0.1, 0.15) is 17.2 Å². The van der Waals surface area contributed by atoms with Crippen molar-refractivity contribution in [2.45, 2.75) is 12.7 Å². The van der Waals surface area contributed by atoms with E-state index < -0.39 is 27.6 Å². The van der Waals surface area contributed by atoms with Gasteiger partial charge in [0.2, 0.25) is 16.0 Å². The van der Waals surface area contributed by atoms with E-state index in [9.17, 15) is 26.4 Å². The van der Waals surface area contributed by atoms with Crippen molar-refractivity contribution in [2.75, 3.05) is 48.5 Å². The second-order valence-corrected chi connectivity index (χ2v) is 9.99. The van der Waals surface area contributed by atoms with Crippen molar-refractivity contribution in [2.24, 2.45) is 0 Å². The van der Waals surface area contributed by atoms with Crippen LogP contribution in [0.15, 0.2) is 48.8 Å². The van der Waals surface area contributed by atoms with Gasteiger partial charge in [-0.25, -0.2) is 18.4 Å². The molecular weight excluding hydrogens is 527 g/mol. The normalized spacial score (nSPS) is 11.6. The number of carbonyl (C=O) groups excluding carboxylic acids is 1. The lowest BCUT2D eigenvalue weighted by Gasteiger charge is -2.20. The van der Waals surface area contributed by atoms with Gasteiger partial charge in [-0.3, -0.25) is 9.10 Å². The number of nitrogens with zero attached hydrogens (tertiary/aromatic N) is 4. The van der Waals surface area contributed by atoms with E-state index >= 15 is 0 Å². The summed E-state index contributed by atoms with van der Waals surface area (Å²) in [5, 5.41) is 8.11. The maximum atomic E-state index is 13.6. The Balaban J connectivity index is 1.81. The van der Waals surface area contributed by atoms with E-state index in [0.717, 1.165) is 10.6 Å². The van der Waals surface area contributed by atoms with Gasteiger partial charge in [-0.2, -0.15) is 18.2 Å². The molecule has 1 aromatic carbocycles. The van der Waals surface area contributed by atoms with Gasteiger partial charge in [0.05, 0.1) is 12.9 Å². The minimum Gasteiger partial charge on any atom is -0.383 e. The number of amides is 1. The third-order valence-corrected chi connectivity index (χ3v) is 6.37. The van der Waals surface area contributed by atoms with Crippen molar-refractivity contribution in [3.05, 3.63) is 65.5 Å². The molecule has 0 atom stereocenters. The highest BCUT2D eigenvalue weighted by Crippen LogP contribution is 2.34. The molecule has 0 saturated heterocycles. The van der Waals surface area contributed by atoms with Crippen molar-refractivity contribution < 1.29 is 31.1 Å². The van der Waals surface area contributed by atoms with E-state index in [1.54, 1.807) is 12.1 Å². The number of methoxy groups -OCH3 is 1. The number of halogens is 3. The van der Waals surface area contributed by atoms with Crippen LogP contribution in [0.25, 0.3) is 0 Å². The Morgan fingerprint density at radius 1 is 1.13 bits per heavy atom. The molecule has 1 amide bonds. The molecule has 11 nitrogen and oxygen atoms in total. The lowest BCUT2D eigenvalue weighted by molar-refractivity contribution is -0.137. The van der Waals surface area contributed by atoms with Crippen molar-refractivity contribution in [3.8, 4) is 0 Å². The number of aromatic nitrogens is 3. The zero-order valence-electron chi connectivity index (χ0n) is 20.7. The summed E-state index contributed by atoms with van der Waals surface area (Å²) >= 11 is 0. The van der Waals surface area contributed by atoms with Gasteiger partial charge in [0.15, 0.2) is 0 Å².